The largest absolute Gasteiger partial charge is 0.493 e. The summed E-state index contributed by atoms with van der Waals surface area (Å²) in [6, 6.07) is 1.97. The van der Waals surface area contributed by atoms with Gasteiger partial charge in [0.2, 0.25) is 0 Å². The first-order valence-electron chi connectivity index (χ1n) is 6.44. The van der Waals surface area contributed by atoms with Crippen LogP contribution in [0, 0.1) is 13.8 Å². The molecule has 1 N–H and O–H groups in total. The molecule has 1 aromatic carbocycles. The second kappa shape index (κ2) is 4.76. The summed E-state index contributed by atoms with van der Waals surface area (Å²) >= 11 is 0. The molecule has 0 amide bonds. The Kier molecular flexibility index (Phi) is 3.43. The summed E-state index contributed by atoms with van der Waals surface area (Å²) in [7, 11) is 3.15. The molecular weight excluding hydrogens is 244 g/mol. The summed E-state index contributed by atoms with van der Waals surface area (Å²) in [5.41, 5.74) is 1.88. The average molecular weight is 264 g/mol. The molecule has 0 spiro atoms. The van der Waals surface area contributed by atoms with Gasteiger partial charge in [-0.15, -0.1) is 0 Å². The highest BCUT2D eigenvalue weighted by Crippen LogP contribution is 2.51. The highest BCUT2D eigenvalue weighted by atomic mass is 16.5. The van der Waals surface area contributed by atoms with E-state index < -0.39 is 11.4 Å². The van der Waals surface area contributed by atoms with Gasteiger partial charge in [-0.2, -0.15) is 0 Å². The lowest BCUT2D eigenvalue weighted by Crippen LogP contribution is -2.43. The summed E-state index contributed by atoms with van der Waals surface area (Å²) in [6.07, 6.45) is 2.25. The molecule has 0 radical (unpaired) electrons. The molecule has 4 nitrogen and oxygen atoms in total. The summed E-state index contributed by atoms with van der Waals surface area (Å²) in [5, 5.41) is 9.62. The Hall–Kier alpha value is -1.71. The maximum atomic E-state index is 11.7. The number of benzene rings is 1. The third-order valence-electron chi connectivity index (χ3n) is 4.12. The number of carboxylic acid groups (broad SMARTS) is 1. The number of rotatable bonds is 4. The van der Waals surface area contributed by atoms with Crippen molar-refractivity contribution in [1.29, 1.82) is 0 Å². The molecule has 1 aromatic rings. The first-order valence-corrected chi connectivity index (χ1v) is 6.44. The standard InChI is InChI=1S/C15H20O4/c1-9-8-10(2)12(18-3)13(19-4)11(9)15(14(16)17)6-5-7-15/h8H,5-7H2,1-4H3,(H,16,17). The van der Waals surface area contributed by atoms with Gasteiger partial charge in [0.1, 0.15) is 0 Å². The fraction of sp³-hybridized carbons (Fsp3) is 0.533. The minimum absolute atomic E-state index is 0.571. The summed E-state index contributed by atoms with van der Waals surface area (Å²) in [5.74, 6) is 0.434. The van der Waals surface area contributed by atoms with Gasteiger partial charge in [-0.05, 0) is 37.8 Å². The Labute approximate surface area is 113 Å². The van der Waals surface area contributed by atoms with E-state index in [-0.39, 0.29) is 0 Å². The van der Waals surface area contributed by atoms with E-state index in [1.165, 1.54) is 0 Å². The van der Waals surface area contributed by atoms with Crippen molar-refractivity contribution in [2.45, 2.75) is 38.5 Å². The molecule has 2 rings (SSSR count). The maximum absolute atomic E-state index is 11.7. The van der Waals surface area contributed by atoms with Gasteiger partial charge in [0, 0.05) is 5.56 Å². The number of aliphatic carboxylic acids is 1. The van der Waals surface area contributed by atoms with Gasteiger partial charge in [0.15, 0.2) is 11.5 Å². The molecule has 1 aliphatic rings. The molecule has 0 aromatic heterocycles. The number of carboxylic acids is 1. The van der Waals surface area contributed by atoms with Crippen molar-refractivity contribution in [1.82, 2.24) is 0 Å². The van der Waals surface area contributed by atoms with Crippen LogP contribution in [0.3, 0.4) is 0 Å². The molecule has 1 aliphatic carbocycles. The van der Waals surface area contributed by atoms with Crippen molar-refractivity contribution in [2.24, 2.45) is 0 Å². The van der Waals surface area contributed by atoms with E-state index >= 15 is 0 Å². The van der Waals surface area contributed by atoms with Crippen molar-refractivity contribution in [3.05, 3.63) is 22.8 Å². The number of ether oxygens (including phenoxy) is 2. The zero-order valence-electron chi connectivity index (χ0n) is 11.9. The van der Waals surface area contributed by atoms with Gasteiger partial charge in [-0.1, -0.05) is 12.5 Å². The van der Waals surface area contributed by atoms with Crippen LogP contribution in [0.4, 0.5) is 0 Å². The van der Waals surface area contributed by atoms with Gasteiger partial charge < -0.3 is 14.6 Å². The molecule has 0 bridgehead atoms. The highest BCUT2D eigenvalue weighted by molar-refractivity contribution is 5.85. The van der Waals surface area contributed by atoms with Crippen molar-refractivity contribution in [3.63, 3.8) is 0 Å². The summed E-state index contributed by atoms with van der Waals surface area (Å²) < 4.78 is 10.9. The maximum Gasteiger partial charge on any atom is 0.314 e. The highest BCUT2D eigenvalue weighted by Gasteiger charge is 2.49. The summed E-state index contributed by atoms with van der Waals surface area (Å²) in [4.78, 5) is 11.7. The lowest BCUT2D eigenvalue weighted by atomic mass is 9.63. The van der Waals surface area contributed by atoms with Crippen molar-refractivity contribution < 1.29 is 19.4 Å². The van der Waals surface area contributed by atoms with Crippen LogP contribution in [-0.4, -0.2) is 25.3 Å². The fourth-order valence-corrected chi connectivity index (χ4v) is 3.08. The minimum atomic E-state index is -0.809. The lowest BCUT2D eigenvalue weighted by Gasteiger charge is -2.40. The van der Waals surface area contributed by atoms with Crippen LogP contribution >= 0.6 is 0 Å². The van der Waals surface area contributed by atoms with Crippen LogP contribution in [0.15, 0.2) is 6.07 Å². The van der Waals surface area contributed by atoms with Gasteiger partial charge in [-0.25, -0.2) is 0 Å². The Balaban J connectivity index is 2.72. The zero-order valence-corrected chi connectivity index (χ0v) is 11.9. The summed E-state index contributed by atoms with van der Waals surface area (Å²) in [6.45, 7) is 3.87. The van der Waals surface area contributed by atoms with E-state index in [9.17, 15) is 9.90 Å². The molecule has 0 aliphatic heterocycles. The van der Waals surface area contributed by atoms with E-state index in [0.717, 1.165) is 23.1 Å². The smallest absolute Gasteiger partial charge is 0.314 e. The molecule has 1 fully saturated rings. The topological polar surface area (TPSA) is 55.8 Å². The van der Waals surface area contributed by atoms with Gasteiger partial charge in [0.25, 0.3) is 0 Å². The van der Waals surface area contributed by atoms with E-state index in [1.54, 1.807) is 14.2 Å². The number of carbonyl (C=O) groups is 1. The van der Waals surface area contributed by atoms with Crippen molar-refractivity contribution in [3.8, 4) is 11.5 Å². The molecule has 4 heteroatoms. The van der Waals surface area contributed by atoms with E-state index in [1.807, 2.05) is 19.9 Å². The van der Waals surface area contributed by atoms with Crippen LogP contribution < -0.4 is 9.47 Å². The second-order valence-electron chi connectivity index (χ2n) is 5.19. The molecule has 0 heterocycles. The minimum Gasteiger partial charge on any atom is -0.493 e. The molecule has 0 atom stereocenters. The number of aryl methyl sites for hydroxylation is 2. The normalized spacial score (nSPS) is 16.6. The Morgan fingerprint density at radius 3 is 2.11 bits per heavy atom. The molecule has 104 valence electrons. The molecule has 0 saturated heterocycles. The first kappa shape index (κ1) is 13.7. The molecule has 1 saturated carbocycles. The zero-order chi connectivity index (χ0) is 14.2. The van der Waals surface area contributed by atoms with Crippen molar-refractivity contribution in [2.75, 3.05) is 14.2 Å². The van der Waals surface area contributed by atoms with Crippen LogP contribution in [0.25, 0.3) is 0 Å². The third-order valence-corrected chi connectivity index (χ3v) is 4.12. The predicted octanol–water partition coefficient (Wildman–Crippen LogP) is 2.83. The number of hydrogen-bond acceptors (Lipinski definition) is 3. The first-order chi connectivity index (χ1) is 8.97. The number of hydrogen-bond donors (Lipinski definition) is 1. The van der Waals surface area contributed by atoms with E-state index in [4.69, 9.17) is 9.47 Å². The van der Waals surface area contributed by atoms with Crippen LogP contribution in [0.1, 0.15) is 36.0 Å². The molecule has 0 unspecified atom stereocenters. The Bertz CT molecular complexity index is 515. The van der Waals surface area contributed by atoms with Crippen LogP contribution in [-0.2, 0) is 10.2 Å². The van der Waals surface area contributed by atoms with Crippen LogP contribution in [0.2, 0.25) is 0 Å². The molecule has 19 heavy (non-hydrogen) atoms. The number of methoxy groups -OCH3 is 2. The Morgan fingerprint density at radius 1 is 1.16 bits per heavy atom. The quantitative estimate of drug-likeness (QED) is 0.908. The van der Waals surface area contributed by atoms with Gasteiger partial charge in [0.05, 0.1) is 19.6 Å². The Morgan fingerprint density at radius 2 is 1.74 bits per heavy atom. The third kappa shape index (κ3) is 1.86. The predicted molar refractivity (Wildman–Crippen MR) is 72.2 cm³/mol. The van der Waals surface area contributed by atoms with Crippen molar-refractivity contribution >= 4 is 5.97 Å². The monoisotopic (exact) mass is 264 g/mol. The van der Waals surface area contributed by atoms with Crippen LogP contribution in [0.5, 0.6) is 11.5 Å². The van der Waals surface area contributed by atoms with E-state index in [2.05, 4.69) is 0 Å². The lowest BCUT2D eigenvalue weighted by molar-refractivity contribution is -0.147. The van der Waals surface area contributed by atoms with E-state index in [0.29, 0.717) is 24.3 Å². The SMILES string of the molecule is COc1c(C)cc(C)c(C2(C(=O)O)CCC2)c1OC. The second-order valence-corrected chi connectivity index (χ2v) is 5.19. The average Bonchev–Trinajstić information content (AvgIpc) is 2.29. The van der Waals surface area contributed by atoms with Gasteiger partial charge >= 0.3 is 5.97 Å². The fourth-order valence-electron chi connectivity index (χ4n) is 3.08. The molecular formula is C15H20O4. The van der Waals surface area contributed by atoms with Gasteiger partial charge in [-0.3, -0.25) is 4.79 Å².